The van der Waals surface area contributed by atoms with Crippen molar-refractivity contribution < 1.29 is 0 Å². The molecule has 80 valence electrons. The van der Waals surface area contributed by atoms with Crippen LogP contribution in [-0.4, -0.2) is 23.9 Å². The van der Waals surface area contributed by atoms with E-state index in [0.717, 1.165) is 0 Å². The van der Waals surface area contributed by atoms with Crippen molar-refractivity contribution in [3.63, 3.8) is 0 Å². The van der Waals surface area contributed by atoms with Crippen LogP contribution in [0.1, 0.15) is 5.82 Å². The lowest BCUT2D eigenvalue weighted by molar-refractivity contribution is 0.603. The number of imidazole rings is 1. The predicted octanol–water partition coefficient (Wildman–Crippen LogP) is 0.0170. The second kappa shape index (κ2) is 3.54. The molecule has 0 fully saturated rings. The van der Waals surface area contributed by atoms with Gasteiger partial charge in [0, 0.05) is 14.1 Å². The first-order valence-corrected chi connectivity index (χ1v) is 4.72. The molecular formula is C8H10ClN5O. The maximum Gasteiger partial charge on any atom is 0.345 e. The minimum Gasteiger partial charge on any atom is -0.321 e. The second-order valence-corrected chi connectivity index (χ2v) is 3.63. The molecule has 0 aliphatic carbocycles. The zero-order valence-electron chi connectivity index (χ0n) is 8.38. The SMILES string of the molecule is Cn1c(Cl)cnc1Cn1ncn(C)c1=O. The molecule has 2 rings (SSSR count). The first-order chi connectivity index (χ1) is 7.09. The van der Waals surface area contributed by atoms with Crippen LogP contribution in [0, 0.1) is 0 Å². The number of hydrogen-bond donors (Lipinski definition) is 0. The summed E-state index contributed by atoms with van der Waals surface area (Å²) >= 11 is 5.83. The van der Waals surface area contributed by atoms with E-state index < -0.39 is 0 Å². The average molecular weight is 228 g/mol. The van der Waals surface area contributed by atoms with Gasteiger partial charge in [0.1, 0.15) is 23.8 Å². The van der Waals surface area contributed by atoms with Crippen LogP contribution in [0.15, 0.2) is 17.3 Å². The monoisotopic (exact) mass is 227 g/mol. The largest absolute Gasteiger partial charge is 0.345 e. The van der Waals surface area contributed by atoms with Gasteiger partial charge in [-0.05, 0) is 0 Å². The Morgan fingerprint density at radius 1 is 1.47 bits per heavy atom. The average Bonchev–Trinajstić information content (AvgIpc) is 2.68. The Labute approximate surface area is 90.7 Å². The van der Waals surface area contributed by atoms with Gasteiger partial charge in [-0.25, -0.2) is 14.5 Å². The number of aromatic nitrogens is 5. The summed E-state index contributed by atoms with van der Waals surface area (Å²) in [4.78, 5) is 15.6. The third-order valence-electron chi connectivity index (χ3n) is 2.21. The predicted molar refractivity (Wildman–Crippen MR) is 54.8 cm³/mol. The van der Waals surface area contributed by atoms with Crippen molar-refractivity contribution in [1.82, 2.24) is 23.9 Å². The fourth-order valence-corrected chi connectivity index (χ4v) is 1.38. The van der Waals surface area contributed by atoms with Gasteiger partial charge in [0.05, 0.1) is 6.20 Å². The zero-order chi connectivity index (χ0) is 11.0. The molecule has 6 nitrogen and oxygen atoms in total. The molecule has 2 heterocycles. The summed E-state index contributed by atoms with van der Waals surface area (Å²) in [5.41, 5.74) is -0.172. The molecule has 0 amide bonds. The van der Waals surface area contributed by atoms with Gasteiger partial charge in [-0.15, -0.1) is 0 Å². The van der Waals surface area contributed by atoms with Gasteiger partial charge in [0.15, 0.2) is 0 Å². The molecule has 7 heteroatoms. The summed E-state index contributed by atoms with van der Waals surface area (Å²) < 4.78 is 4.45. The number of halogens is 1. The maximum atomic E-state index is 11.5. The van der Waals surface area contributed by atoms with E-state index in [-0.39, 0.29) is 5.69 Å². The van der Waals surface area contributed by atoms with Crippen LogP contribution in [0.3, 0.4) is 0 Å². The van der Waals surface area contributed by atoms with Crippen molar-refractivity contribution in [2.75, 3.05) is 0 Å². The van der Waals surface area contributed by atoms with E-state index in [4.69, 9.17) is 11.6 Å². The van der Waals surface area contributed by atoms with Crippen LogP contribution in [0.4, 0.5) is 0 Å². The highest BCUT2D eigenvalue weighted by molar-refractivity contribution is 6.29. The van der Waals surface area contributed by atoms with Gasteiger partial charge >= 0.3 is 5.69 Å². The zero-order valence-corrected chi connectivity index (χ0v) is 9.14. The van der Waals surface area contributed by atoms with E-state index in [1.165, 1.54) is 15.6 Å². The Balaban J connectivity index is 2.34. The standard InChI is InChI=1S/C8H10ClN5O/c1-12-5-11-14(8(12)15)4-7-10-3-6(9)13(7)2/h3,5H,4H2,1-2H3. The van der Waals surface area contributed by atoms with Crippen molar-refractivity contribution in [2.45, 2.75) is 6.54 Å². The van der Waals surface area contributed by atoms with Crippen LogP contribution in [0.25, 0.3) is 0 Å². The van der Waals surface area contributed by atoms with E-state index >= 15 is 0 Å². The first-order valence-electron chi connectivity index (χ1n) is 4.34. The smallest absolute Gasteiger partial charge is 0.321 e. The second-order valence-electron chi connectivity index (χ2n) is 3.24. The number of rotatable bonds is 2. The minimum absolute atomic E-state index is 0.172. The first kappa shape index (κ1) is 9.97. The van der Waals surface area contributed by atoms with Crippen molar-refractivity contribution in [1.29, 1.82) is 0 Å². The molecule has 0 bridgehead atoms. The molecule has 0 unspecified atom stereocenters. The van der Waals surface area contributed by atoms with Crippen molar-refractivity contribution >= 4 is 11.6 Å². The fourth-order valence-electron chi connectivity index (χ4n) is 1.23. The van der Waals surface area contributed by atoms with Crippen LogP contribution < -0.4 is 5.69 Å². The maximum absolute atomic E-state index is 11.5. The quantitative estimate of drug-likeness (QED) is 0.727. The van der Waals surface area contributed by atoms with Gasteiger partial charge in [0.25, 0.3) is 0 Å². The molecule has 15 heavy (non-hydrogen) atoms. The molecule has 0 aromatic carbocycles. The third kappa shape index (κ3) is 1.68. The lowest BCUT2D eigenvalue weighted by Gasteiger charge is -2.01. The summed E-state index contributed by atoms with van der Waals surface area (Å²) in [5, 5.41) is 4.47. The van der Waals surface area contributed by atoms with Gasteiger partial charge in [-0.3, -0.25) is 4.57 Å². The van der Waals surface area contributed by atoms with Crippen molar-refractivity contribution in [3.8, 4) is 0 Å². The molecule has 0 saturated carbocycles. The molecule has 0 spiro atoms. The molecular weight excluding hydrogens is 218 g/mol. The van der Waals surface area contributed by atoms with Crippen LogP contribution in [-0.2, 0) is 20.6 Å². The van der Waals surface area contributed by atoms with Gasteiger partial charge in [-0.2, -0.15) is 5.10 Å². The van der Waals surface area contributed by atoms with Crippen LogP contribution in [0.5, 0.6) is 0 Å². The Kier molecular flexibility index (Phi) is 2.36. The number of aryl methyl sites for hydroxylation is 1. The summed E-state index contributed by atoms with van der Waals surface area (Å²) in [5.74, 6) is 0.695. The summed E-state index contributed by atoms with van der Waals surface area (Å²) in [6.45, 7) is 0.322. The highest BCUT2D eigenvalue weighted by Gasteiger charge is 2.08. The van der Waals surface area contributed by atoms with Crippen molar-refractivity contribution in [3.05, 3.63) is 34.0 Å². The number of nitrogens with zero attached hydrogens (tertiary/aromatic N) is 5. The molecule has 0 atom stereocenters. The topological polar surface area (TPSA) is 57.6 Å². The fraction of sp³-hybridized carbons (Fsp3) is 0.375. The summed E-state index contributed by atoms with van der Waals surface area (Å²) in [6, 6.07) is 0. The lowest BCUT2D eigenvalue weighted by Crippen LogP contribution is -2.24. The molecule has 0 aliphatic heterocycles. The third-order valence-corrected chi connectivity index (χ3v) is 2.56. The minimum atomic E-state index is -0.172. The highest BCUT2D eigenvalue weighted by atomic mass is 35.5. The van der Waals surface area contributed by atoms with E-state index in [1.54, 1.807) is 24.9 Å². The lowest BCUT2D eigenvalue weighted by atomic mass is 10.6. The Bertz CT molecular complexity index is 537. The Hall–Kier alpha value is -1.56. The summed E-state index contributed by atoms with van der Waals surface area (Å²) in [7, 11) is 3.44. The molecule has 0 N–H and O–H groups in total. The van der Waals surface area contributed by atoms with Gasteiger partial charge in [-0.1, -0.05) is 11.6 Å². The Morgan fingerprint density at radius 2 is 2.20 bits per heavy atom. The van der Waals surface area contributed by atoms with E-state index in [2.05, 4.69) is 10.1 Å². The van der Waals surface area contributed by atoms with E-state index in [0.29, 0.717) is 17.5 Å². The van der Waals surface area contributed by atoms with Crippen LogP contribution in [0.2, 0.25) is 5.15 Å². The molecule has 0 aliphatic rings. The van der Waals surface area contributed by atoms with E-state index in [1.807, 2.05) is 0 Å². The number of hydrogen-bond acceptors (Lipinski definition) is 3. The molecule has 2 aromatic heterocycles. The summed E-state index contributed by atoms with van der Waals surface area (Å²) in [6.07, 6.45) is 3.01. The van der Waals surface area contributed by atoms with Gasteiger partial charge in [0.2, 0.25) is 0 Å². The highest BCUT2D eigenvalue weighted by Crippen LogP contribution is 2.08. The van der Waals surface area contributed by atoms with E-state index in [9.17, 15) is 4.79 Å². The Morgan fingerprint density at radius 3 is 2.67 bits per heavy atom. The van der Waals surface area contributed by atoms with Gasteiger partial charge < -0.3 is 4.57 Å². The molecule has 0 radical (unpaired) electrons. The molecule has 0 saturated heterocycles. The normalized spacial score (nSPS) is 10.9. The van der Waals surface area contributed by atoms with Crippen molar-refractivity contribution in [2.24, 2.45) is 14.1 Å². The molecule has 2 aromatic rings. The van der Waals surface area contributed by atoms with Crippen LogP contribution >= 0.6 is 11.6 Å².